The van der Waals surface area contributed by atoms with Crippen LogP contribution in [-0.4, -0.2) is 34.5 Å². The van der Waals surface area contributed by atoms with E-state index in [0.29, 0.717) is 17.9 Å². The van der Waals surface area contributed by atoms with Crippen LogP contribution in [0.25, 0.3) is 11.1 Å². The van der Waals surface area contributed by atoms with Crippen molar-refractivity contribution in [1.29, 1.82) is 0 Å². The van der Waals surface area contributed by atoms with Crippen molar-refractivity contribution in [2.75, 3.05) is 0 Å². The number of rotatable bonds is 8. The summed E-state index contributed by atoms with van der Waals surface area (Å²) in [6.45, 7) is 0. The molecule has 186 valence electrons. The Bertz CT molecular complexity index is 1160. The molecule has 0 bridgehead atoms. The van der Waals surface area contributed by atoms with Crippen molar-refractivity contribution >= 4 is 5.97 Å². The summed E-state index contributed by atoms with van der Waals surface area (Å²) in [5.74, 6) is 0.305. The molecule has 3 aromatic rings. The highest BCUT2D eigenvalue weighted by molar-refractivity contribution is 5.90. The van der Waals surface area contributed by atoms with Crippen LogP contribution in [0.5, 0.6) is 0 Å². The molecule has 0 aliphatic heterocycles. The second-order valence-corrected chi connectivity index (χ2v) is 10.2. The number of esters is 1. The maximum absolute atomic E-state index is 13.0. The van der Waals surface area contributed by atoms with Gasteiger partial charge in [-0.15, -0.1) is 0 Å². The van der Waals surface area contributed by atoms with E-state index in [4.69, 9.17) is 4.74 Å². The lowest BCUT2D eigenvalue weighted by Crippen LogP contribution is -2.25. The molecule has 3 aromatic carbocycles. The van der Waals surface area contributed by atoms with Gasteiger partial charge in [-0.3, -0.25) is 0 Å². The summed E-state index contributed by atoms with van der Waals surface area (Å²) in [5.41, 5.74) is 3.91. The Morgan fingerprint density at radius 1 is 0.889 bits per heavy atom. The second-order valence-electron chi connectivity index (χ2n) is 10.2. The molecule has 2 N–H and O–H groups in total. The SMILES string of the molecule is O=C(O[C@@H]1C[C@@H]2CC(O)C[C@@H]2[C@H]1/C=C/[C@@H](O)CCc1ccccc1)c1ccc(-c2ccccc2)cc1. The predicted octanol–water partition coefficient (Wildman–Crippen LogP) is 5.84. The van der Waals surface area contributed by atoms with Crippen LogP contribution in [0.4, 0.5) is 0 Å². The number of aryl methyl sites for hydroxylation is 1. The molecule has 0 spiro atoms. The lowest BCUT2D eigenvalue weighted by molar-refractivity contribution is 0.0206. The number of benzene rings is 3. The highest BCUT2D eigenvalue weighted by atomic mass is 16.5. The third-order valence-electron chi connectivity index (χ3n) is 7.80. The molecule has 4 nitrogen and oxygen atoms in total. The molecule has 1 unspecified atom stereocenters. The van der Waals surface area contributed by atoms with E-state index >= 15 is 0 Å². The topological polar surface area (TPSA) is 66.8 Å². The van der Waals surface area contributed by atoms with Gasteiger partial charge in [0.25, 0.3) is 0 Å². The molecule has 2 saturated carbocycles. The van der Waals surface area contributed by atoms with E-state index < -0.39 is 6.10 Å². The fourth-order valence-electron chi connectivity index (χ4n) is 5.94. The van der Waals surface area contributed by atoms with Gasteiger partial charge in [0.05, 0.1) is 17.8 Å². The molecule has 2 aliphatic rings. The van der Waals surface area contributed by atoms with E-state index in [9.17, 15) is 15.0 Å². The monoisotopic (exact) mass is 482 g/mol. The zero-order valence-electron chi connectivity index (χ0n) is 20.4. The third-order valence-corrected chi connectivity index (χ3v) is 7.80. The van der Waals surface area contributed by atoms with Crippen LogP contribution >= 0.6 is 0 Å². The third kappa shape index (κ3) is 5.77. The van der Waals surface area contributed by atoms with Gasteiger partial charge in [0.2, 0.25) is 0 Å². The summed E-state index contributed by atoms with van der Waals surface area (Å²) in [5, 5.41) is 20.8. The number of carbonyl (C=O) groups is 1. The first kappa shape index (κ1) is 24.5. The maximum Gasteiger partial charge on any atom is 0.338 e. The molecule has 4 heteroatoms. The summed E-state index contributed by atoms with van der Waals surface area (Å²) < 4.78 is 6.04. The Labute approximate surface area is 213 Å². The maximum atomic E-state index is 13.0. The average molecular weight is 483 g/mol. The van der Waals surface area contributed by atoms with Gasteiger partial charge in [0, 0.05) is 5.92 Å². The van der Waals surface area contributed by atoms with Crippen LogP contribution < -0.4 is 0 Å². The molecule has 36 heavy (non-hydrogen) atoms. The van der Waals surface area contributed by atoms with Gasteiger partial charge in [-0.05, 0) is 72.8 Å². The summed E-state index contributed by atoms with van der Waals surface area (Å²) in [6, 6.07) is 27.8. The molecule has 2 fully saturated rings. The molecular weight excluding hydrogens is 448 g/mol. The molecule has 0 aromatic heterocycles. The minimum Gasteiger partial charge on any atom is -0.458 e. The molecule has 0 saturated heterocycles. The van der Waals surface area contributed by atoms with Crippen LogP contribution in [0.15, 0.2) is 97.1 Å². The largest absolute Gasteiger partial charge is 0.458 e. The number of carbonyl (C=O) groups excluding carboxylic acids is 1. The number of hydrogen-bond donors (Lipinski definition) is 2. The first-order chi connectivity index (χ1) is 17.6. The molecule has 6 atom stereocenters. The smallest absolute Gasteiger partial charge is 0.338 e. The standard InChI is InChI=1S/C32H34O4/c33-27(16-11-22-7-3-1-4-8-22)17-18-29-30-21-28(34)19-26(30)20-31(29)36-32(35)25-14-12-24(13-15-25)23-9-5-2-6-10-23/h1-10,12-15,17-18,26-31,33-34H,11,16,19-21H2/b18-17+/t26-,27-,28?,29+,30-,31+/m0/s1. The number of aliphatic hydroxyl groups is 2. The van der Waals surface area contributed by atoms with Crippen LogP contribution in [0.1, 0.15) is 41.6 Å². The van der Waals surface area contributed by atoms with Gasteiger partial charge >= 0.3 is 5.97 Å². The first-order valence-electron chi connectivity index (χ1n) is 13.0. The van der Waals surface area contributed by atoms with Gasteiger partial charge in [0.1, 0.15) is 6.10 Å². The minimum absolute atomic E-state index is 0.00562. The lowest BCUT2D eigenvalue weighted by atomic mass is 9.90. The zero-order valence-corrected chi connectivity index (χ0v) is 20.4. The van der Waals surface area contributed by atoms with E-state index in [1.807, 2.05) is 84.9 Å². The Hall–Kier alpha value is -3.21. The van der Waals surface area contributed by atoms with E-state index in [-0.39, 0.29) is 30.0 Å². The van der Waals surface area contributed by atoms with Gasteiger partial charge < -0.3 is 14.9 Å². The summed E-state index contributed by atoms with van der Waals surface area (Å²) >= 11 is 0. The van der Waals surface area contributed by atoms with Gasteiger partial charge in [-0.25, -0.2) is 4.79 Å². The summed E-state index contributed by atoms with van der Waals surface area (Å²) in [6.07, 6.45) is 6.48. The van der Waals surface area contributed by atoms with E-state index in [2.05, 4.69) is 12.1 Å². The predicted molar refractivity (Wildman–Crippen MR) is 141 cm³/mol. The number of aliphatic hydroxyl groups excluding tert-OH is 2. The van der Waals surface area contributed by atoms with Crippen molar-refractivity contribution in [2.45, 2.75) is 50.4 Å². The van der Waals surface area contributed by atoms with Gasteiger partial charge in [-0.2, -0.15) is 0 Å². The quantitative estimate of drug-likeness (QED) is 0.313. The number of hydrogen-bond acceptors (Lipinski definition) is 4. The average Bonchev–Trinajstić information content (AvgIpc) is 3.42. The van der Waals surface area contributed by atoms with Crippen molar-refractivity contribution in [3.63, 3.8) is 0 Å². The van der Waals surface area contributed by atoms with E-state index in [0.717, 1.165) is 36.8 Å². The fourth-order valence-corrected chi connectivity index (χ4v) is 5.94. The molecule has 5 rings (SSSR count). The first-order valence-corrected chi connectivity index (χ1v) is 13.0. The van der Waals surface area contributed by atoms with E-state index in [1.54, 1.807) is 0 Å². The highest BCUT2D eigenvalue weighted by Gasteiger charge is 2.48. The Balaban J connectivity index is 1.24. The molecule has 0 heterocycles. The van der Waals surface area contributed by atoms with Crippen molar-refractivity contribution in [3.8, 4) is 11.1 Å². The van der Waals surface area contributed by atoms with Crippen molar-refractivity contribution < 1.29 is 19.7 Å². The van der Waals surface area contributed by atoms with Crippen molar-refractivity contribution in [1.82, 2.24) is 0 Å². The molecule has 0 radical (unpaired) electrons. The van der Waals surface area contributed by atoms with Crippen LogP contribution in [-0.2, 0) is 11.2 Å². The number of ether oxygens (including phenoxy) is 1. The molecule has 0 amide bonds. The highest BCUT2D eigenvalue weighted by Crippen LogP contribution is 2.49. The zero-order chi connectivity index (χ0) is 24.9. The molecule has 2 aliphatic carbocycles. The molecular formula is C32H34O4. The van der Waals surface area contributed by atoms with Crippen LogP contribution in [0, 0.1) is 17.8 Å². The van der Waals surface area contributed by atoms with Crippen molar-refractivity contribution in [3.05, 3.63) is 108 Å². The van der Waals surface area contributed by atoms with Crippen LogP contribution in [0.3, 0.4) is 0 Å². The lowest BCUT2D eigenvalue weighted by Gasteiger charge is -2.22. The van der Waals surface area contributed by atoms with Gasteiger partial charge in [0.15, 0.2) is 0 Å². The summed E-state index contributed by atoms with van der Waals surface area (Å²) in [7, 11) is 0. The Morgan fingerprint density at radius 3 is 2.28 bits per heavy atom. The minimum atomic E-state index is -0.558. The van der Waals surface area contributed by atoms with Crippen molar-refractivity contribution in [2.24, 2.45) is 17.8 Å². The van der Waals surface area contributed by atoms with E-state index in [1.165, 1.54) is 5.56 Å². The van der Waals surface area contributed by atoms with Crippen LogP contribution in [0.2, 0.25) is 0 Å². The Morgan fingerprint density at radius 2 is 1.56 bits per heavy atom. The summed E-state index contributed by atoms with van der Waals surface area (Å²) in [4.78, 5) is 13.0. The number of fused-ring (bicyclic) bond motifs is 1. The van der Waals surface area contributed by atoms with Gasteiger partial charge in [-0.1, -0.05) is 84.9 Å². The fraction of sp³-hybridized carbons (Fsp3) is 0.344. The Kier molecular flexibility index (Phi) is 7.64. The normalized spacial score (nSPS) is 26.1. The second kappa shape index (κ2) is 11.2.